The molecule has 0 radical (unpaired) electrons. The summed E-state index contributed by atoms with van der Waals surface area (Å²) in [5, 5.41) is 9.98. The zero-order valence-corrected chi connectivity index (χ0v) is 17.5. The molecule has 1 aliphatic heterocycles. The lowest BCUT2D eigenvalue weighted by Gasteiger charge is -2.44. The van der Waals surface area contributed by atoms with Crippen LogP contribution in [0.2, 0.25) is 0 Å². The van der Waals surface area contributed by atoms with Crippen LogP contribution < -0.4 is 0 Å². The SMILES string of the molecule is CC[C@@H](C)C(=O)O[C@H]1C[C@@H](C)C=C2C=C[C@H](C)C(C[C@@H]3CC(O)CC(=O)O3)[C@H]21. The Kier molecular flexibility index (Phi) is 6.64. The first-order valence-electron chi connectivity index (χ1n) is 10.8. The van der Waals surface area contributed by atoms with E-state index < -0.39 is 6.10 Å². The van der Waals surface area contributed by atoms with Crippen LogP contribution in [0.4, 0.5) is 0 Å². The van der Waals surface area contributed by atoms with E-state index in [1.54, 1.807) is 0 Å². The highest BCUT2D eigenvalue weighted by Crippen LogP contribution is 2.45. The zero-order valence-electron chi connectivity index (χ0n) is 17.5. The summed E-state index contributed by atoms with van der Waals surface area (Å²) in [6, 6.07) is 0. The van der Waals surface area contributed by atoms with Gasteiger partial charge in [0.1, 0.15) is 12.2 Å². The van der Waals surface area contributed by atoms with Crippen molar-refractivity contribution < 1.29 is 24.2 Å². The molecule has 0 aromatic rings. The van der Waals surface area contributed by atoms with Gasteiger partial charge in [0.25, 0.3) is 0 Å². The lowest BCUT2D eigenvalue weighted by atomic mass is 9.65. The molecule has 156 valence electrons. The molecular weight excluding hydrogens is 356 g/mol. The fourth-order valence-corrected chi connectivity index (χ4v) is 4.88. The standard InChI is InChI=1S/C23H34O5/c1-5-14(3)23(26)28-20-9-13(2)8-16-7-6-15(4)19(22(16)20)12-18-10-17(24)11-21(25)27-18/h6-8,13-15,17-20,22,24H,5,9-12H2,1-4H3/t13-,14+,15-,17?,18-,19?,20-,22-/m0/s1. The molecule has 1 N–H and O–H groups in total. The van der Waals surface area contributed by atoms with Crippen LogP contribution in [0.3, 0.4) is 0 Å². The third-order valence-corrected chi connectivity index (χ3v) is 6.65. The maximum atomic E-state index is 12.5. The Morgan fingerprint density at radius 1 is 1.36 bits per heavy atom. The molecule has 1 fully saturated rings. The summed E-state index contributed by atoms with van der Waals surface area (Å²) >= 11 is 0. The summed E-state index contributed by atoms with van der Waals surface area (Å²) in [5.74, 6) is 0.418. The zero-order chi connectivity index (χ0) is 20.4. The van der Waals surface area contributed by atoms with Crippen molar-refractivity contribution in [2.24, 2.45) is 29.6 Å². The Morgan fingerprint density at radius 3 is 2.79 bits per heavy atom. The average Bonchev–Trinajstić information content (AvgIpc) is 2.62. The van der Waals surface area contributed by atoms with Crippen molar-refractivity contribution in [2.75, 3.05) is 0 Å². The maximum Gasteiger partial charge on any atom is 0.308 e. The largest absolute Gasteiger partial charge is 0.462 e. The van der Waals surface area contributed by atoms with E-state index in [9.17, 15) is 14.7 Å². The number of hydrogen-bond donors (Lipinski definition) is 1. The Balaban J connectivity index is 1.82. The molecule has 5 heteroatoms. The highest BCUT2D eigenvalue weighted by atomic mass is 16.6. The van der Waals surface area contributed by atoms with Gasteiger partial charge >= 0.3 is 11.9 Å². The third-order valence-electron chi connectivity index (χ3n) is 6.65. The Morgan fingerprint density at radius 2 is 2.11 bits per heavy atom. The van der Waals surface area contributed by atoms with Crippen LogP contribution in [-0.2, 0) is 19.1 Å². The summed E-state index contributed by atoms with van der Waals surface area (Å²) < 4.78 is 11.6. The summed E-state index contributed by atoms with van der Waals surface area (Å²) in [6.45, 7) is 8.24. The van der Waals surface area contributed by atoms with Crippen molar-refractivity contribution in [3.05, 3.63) is 23.8 Å². The predicted molar refractivity (Wildman–Crippen MR) is 106 cm³/mol. The summed E-state index contributed by atoms with van der Waals surface area (Å²) in [7, 11) is 0. The molecule has 8 atom stereocenters. The van der Waals surface area contributed by atoms with Gasteiger partial charge in [0.05, 0.1) is 18.4 Å². The maximum absolute atomic E-state index is 12.5. The van der Waals surface area contributed by atoms with Crippen LogP contribution in [0.5, 0.6) is 0 Å². The Hall–Kier alpha value is -1.62. The van der Waals surface area contributed by atoms with Crippen molar-refractivity contribution >= 4 is 11.9 Å². The van der Waals surface area contributed by atoms with Gasteiger partial charge < -0.3 is 14.6 Å². The van der Waals surface area contributed by atoms with Gasteiger partial charge in [-0.15, -0.1) is 0 Å². The van der Waals surface area contributed by atoms with Gasteiger partial charge in [0.2, 0.25) is 0 Å². The number of allylic oxidation sites excluding steroid dienone is 3. The van der Waals surface area contributed by atoms with Crippen molar-refractivity contribution in [1.82, 2.24) is 0 Å². The van der Waals surface area contributed by atoms with Crippen LogP contribution in [-0.4, -0.2) is 35.4 Å². The second kappa shape index (κ2) is 8.81. The number of hydrogen-bond acceptors (Lipinski definition) is 5. The number of aliphatic hydroxyl groups is 1. The smallest absolute Gasteiger partial charge is 0.308 e. The van der Waals surface area contributed by atoms with Crippen LogP contribution in [0.1, 0.15) is 59.8 Å². The number of carbonyl (C=O) groups is 2. The van der Waals surface area contributed by atoms with Crippen molar-refractivity contribution in [2.45, 2.75) is 78.1 Å². The molecule has 0 bridgehead atoms. The molecule has 0 aromatic heterocycles. The van der Waals surface area contributed by atoms with Crippen LogP contribution in [0.15, 0.2) is 23.8 Å². The van der Waals surface area contributed by atoms with Crippen molar-refractivity contribution in [3.63, 3.8) is 0 Å². The molecule has 5 nitrogen and oxygen atoms in total. The van der Waals surface area contributed by atoms with E-state index in [1.807, 2.05) is 13.8 Å². The van der Waals surface area contributed by atoms with Gasteiger partial charge in [-0.3, -0.25) is 9.59 Å². The quantitative estimate of drug-likeness (QED) is 0.723. The minimum atomic E-state index is -0.624. The summed E-state index contributed by atoms with van der Waals surface area (Å²) in [6.07, 6.45) is 8.45. The van der Waals surface area contributed by atoms with E-state index in [0.717, 1.165) is 12.8 Å². The number of fused-ring (bicyclic) bond motifs is 1. The molecule has 0 saturated carbocycles. The first-order chi connectivity index (χ1) is 13.3. The van der Waals surface area contributed by atoms with E-state index in [1.165, 1.54) is 5.57 Å². The first kappa shape index (κ1) is 21.1. The van der Waals surface area contributed by atoms with E-state index in [-0.39, 0.29) is 54.2 Å². The first-order valence-corrected chi connectivity index (χ1v) is 10.8. The third kappa shape index (κ3) is 4.68. The molecule has 0 spiro atoms. The fraction of sp³-hybridized carbons (Fsp3) is 0.739. The molecule has 3 aliphatic rings. The highest BCUT2D eigenvalue weighted by Gasteiger charge is 2.43. The Bertz CT molecular complexity index is 651. The van der Waals surface area contributed by atoms with Crippen molar-refractivity contribution in [1.29, 1.82) is 0 Å². The van der Waals surface area contributed by atoms with Gasteiger partial charge in [-0.05, 0) is 42.6 Å². The van der Waals surface area contributed by atoms with Gasteiger partial charge in [0, 0.05) is 12.3 Å². The number of rotatable bonds is 5. The van der Waals surface area contributed by atoms with Gasteiger partial charge in [-0.1, -0.05) is 45.9 Å². The molecule has 1 saturated heterocycles. The molecule has 2 unspecified atom stereocenters. The predicted octanol–water partition coefficient (Wildman–Crippen LogP) is 3.81. The number of cyclic esters (lactones) is 1. The number of ether oxygens (including phenoxy) is 2. The fourth-order valence-electron chi connectivity index (χ4n) is 4.88. The van der Waals surface area contributed by atoms with Gasteiger partial charge in [-0.2, -0.15) is 0 Å². The molecular formula is C23H34O5. The second-order valence-electron chi connectivity index (χ2n) is 9.01. The van der Waals surface area contributed by atoms with E-state index in [0.29, 0.717) is 18.8 Å². The lowest BCUT2D eigenvalue weighted by Crippen LogP contribution is -2.44. The molecule has 3 rings (SSSR count). The monoisotopic (exact) mass is 390 g/mol. The summed E-state index contributed by atoms with van der Waals surface area (Å²) in [4.78, 5) is 24.3. The lowest BCUT2D eigenvalue weighted by molar-refractivity contribution is -0.163. The minimum absolute atomic E-state index is 0.0812. The topological polar surface area (TPSA) is 72.8 Å². The normalized spacial score (nSPS) is 38.8. The molecule has 28 heavy (non-hydrogen) atoms. The number of esters is 2. The summed E-state index contributed by atoms with van der Waals surface area (Å²) in [5.41, 5.74) is 1.23. The van der Waals surface area contributed by atoms with E-state index >= 15 is 0 Å². The molecule has 2 aliphatic carbocycles. The van der Waals surface area contributed by atoms with Crippen molar-refractivity contribution in [3.8, 4) is 0 Å². The van der Waals surface area contributed by atoms with Crippen LogP contribution >= 0.6 is 0 Å². The molecule has 0 aromatic carbocycles. The van der Waals surface area contributed by atoms with Crippen LogP contribution in [0.25, 0.3) is 0 Å². The Labute approximate surface area is 168 Å². The molecule has 0 amide bonds. The highest BCUT2D eigenvalue weighted by molar-refractivity contribution is 5.72. The molecule has 1 heterocycles. The minimum Gasteiger partial charge on any atom is -0.462 e. The number of aliphatic hydroxyl groups excluding tert-OH is 1. The van der Waals surface area contributed by atoms with Crippen LogP contribution in [0, 0.1) is 29.6 Å². The van der Waals surface area contributed by atoms with E-state index in [4.69, 9.17) is 9.47 Å². The number of carbonyl (C=O) groups excluding carboxylic acids is 2. The van der Waals surface area contributed by atoms with Gasteiger partial charge in [0.15, 0.2) is 0 Å². The van der Waals surface area contributed by atoms with E-state index in [2.05, 4.69) is 32.1 Å². The second-order valence-corrected chi connectivity index (χ2v) is 9.01. The van der Waals surface area contributed by atoms with Gasteiger partial charge in [-0.25, -0.2) is 0 Å². The average molecular weight is 391 g/mol.